The Morgan fingerprint density at radius 3 is 1.86 bits per heavy atom. The van der Waals surface area contributed by atoms with E-state index in [2.05, 4.69) is 43.5 Å². The van der Waals surface area contributed by atoms with Gasteiger partial charge in [0.25, 0.3) is 10.1 Å². The van der Waals surface area contributed by atoms with Crippen LogP contribution in [0.1, 0.15) is 110 Å². The highest BCUT2D eigenvalue weighted by Crippen LogP contribution is 2.09. The van der Waals surface area contributed by atoms with Gasteiger partial charge in [0.15, 0.2) is 0 Å². The number of carbonyl (C=O) groups is 1. The van der Waals surface area contributed by atoms with Gasteiger partial charge in [-0.05, 0) is 51.4 Å². The molecule has 0 spiro atoms. The fraction of sp³-hybridized carbons (Fsp3) is 0.750. The number of rotatable bonds is 23. The molecule has 0 aliphatic carbocycles. The summed E-state index contributed by atoms with van der Waals surface area (Å²) in [5, 5.41) is 22.9. The first kappa shape index (κ1) is 34.5. The number of carbonyl (C=O) groups excluding carboxylic acids is 1. The minimum absolute atomic E-state index is 0.251. The molecule has 0 aliphatic heterocycles. The SMILES string of the molecule is CCCC/C=C\CCCCCC(O)C(=O)NC(CS(=O)(=O)O)C(O)/C=C/CC/C=C/CCCCCC. The summed E-state index contributed by atoms with van der Waals surface area (Å²) >= 11 is 0. The number of allylic oxidation sites excluding steroid dienone is 5. The topological polar surface area (TPSA) is 124 Å². The van der Waals surface area contributed by atoms with Crippen LogP contribution < -0.4 is 5.32 Å². The van der Waals surface area contributed by atoms with Crippen LogP contribution >= 0.6 is 0 Å². The van der Waals surface area contributed by atoms with Crippen LogP contribution in [0, 0.1) is 0 Å². The first-order valence-corrected chi connectivity index (χ1v) is 15.4. The average molecular weight is 530 g/mol. The number of hydrogen-bond donors (Lipinski definition) is 4. The molecule has 4 N–H and O–H groups in total. The second-order valence-corrected chi connectivity index (χ2v) is 10.9. The summed E-state index contributed by atoms with van der Waals surface area (Å²) in [7, 11) is -4.44. The van der Waals surface area contributed by atoms with E-state index in [0.717, 1.165) is 38.5 Å². The molecule has 8 heteroatoms. The summed E-state index contributed by atoms with van der Waals surface area (Å²) in [6.45, 7) is 4.34. The van der Waals surface area contributed by atoms with E-state index in [4.69, 9.17) is 0 Å². The van der Waals surface area contributed by atoms with Gasteiger partial charge in [0.05, 0.1) is 17.9 Å². The summed E-state index contributed by atoms with van der Waals surface area (Å²) in [6, 6.07) is -1.25. The lowest BCUT2D eigenvalue weighted by molar-refractivity contribution is -0.130. The van der Waals surface area contributed by atoms with Crippen LogP contribution in [0.2, 0.25) is 0 Å². The lowest BCUT2D eigenvalue weighted by atomic mass is 10.1. The molecule has 0 heterocycles. The van der Waals surface area contributed by atoms with Gasteiger partial charge >= 0.3 is 0 Å². The minimum atomic E-state index is -4.44. The summed E-state index contributed by atoms with van der Waals surface area (Å²) < 4.78 is 32.0. The van der Waals surface area contributed by atoms with E-state index >= 15 is 0 Å². The molecule has 3 atom stereocenters. The lowest BCUT2D eigenvalue weighted by Gasteiger charge is -2.22. The Morgan fingerprint density at radius 1 is 0.750 bits per heavy atom. The Kier molecular flexibility index (Phi) is 21.8. The van der Waals surface area contributed by atoms with E-state index < -0.39 is 40.0 Å². The second-order valence-electron chi connectivity index (χ2n) is 9.45. The maximum atomic E-state index is 12.4. The van der Waals surface area contributed by atoms with Crippen molar-refractivity contribution in [1.29, 1.82) is 0 Å². The monoisotopic (exact) mass is 529 g/mol. The van der Waals surface area contributed by atoms with Crippen molar-refractivity contribution in [1.82, 2.24) is 5.32 Å². The summed E-state index contributed by atoms with van der Waals surface area (Å²) in [4.78, 5) is 12.4. The van der Waals surface area contributed by atoms with Crippen molar-refractivity contribution in [3.8, 4) is 0 Å². The van der Waals surface area contributed by atoms with Gasteiger partial charge < -0.3 is 15.5 Å². The number of nitrogens with one attached hydrogen (secondary N) is 1. The molecule has 36 heavy (non-hydrogen) atoms. The quantitative estimate of drug-likeness (QED) is 0.0771. The third kappa shape index (κ3) is 21.8. The van der Waals surface area contributed by atoms with Crippen molar-refractivity contribution in [3.05, 3.63) is 36.5 Å². The van der Waals surface area contributed by atoms with Gasteiger partial charge in [0, 0.05) is 0 Å². The summed E-state index contributed by atoms with van der Waals surface area (Å²) in [6.07, 6.45) is 23.7. The van der Waals surface area contributed by atoms with Crippen molar-refractivity contribution >= 4 is 16.0 Å². The fourth-order valence-electron chi connectivity index (χ4n) is 3.68. The molecule has 0 fully saturated rings. The maximum absolute atomic E-state index is 12.4. The van der Waals surface area contributed by atoms with Crippen molar-refractivity contribution in [2.24, 2.45) is 0 Å². The highest BCUT2D eigenvalue weighted by atomic mass is 32.2. The molecule has 3 unspecified atom stereocenters. The molecule has 0 rings (SSSR count). The molecule has 0 radical (unpaired) electrons. The van der Waals surface area contributed by atoms with Crippen molar-refractivity contribution in [3.63, 3.8) is 0 Å². The van der Waals surface area contributed by atoms with Crippen molar-refractivity contribution < 1.29 is 28.0 Å². The van der Waals surface area contributed by atoms with E-state index in [1.807, 2.05) is 0 Å². The highest BCUT2D eigenvalue weighted by molar-refractivity contribution is 7.85. The van der Waals surface area contributed by atoms with Crippen LogP contribution in [0.3, 0.4) is 0 Å². The number of hydrogen-bond acceptors (Lipinski definition) is 5. The third-order valence-corrected chi connectivity index (χ3v) is 6.68. The molecule has 0 saturated heterocycles. The zero-order chi connectivity index (χ0) is 27.1. The first-order chi connectivity index (χ1) is 17.2. The molecule has 7 nitrogen and oxygen atoms in total. The molecule has 0 aromatic carbocycles. The van der Waals surface area contributed by atoms with Gasteiger partial charge in [0.1, 0.15) is 6.10 Å². The molecular formula is C28H51NO6S. The smallest absolute Gasteiger partial charge is 0.267 e. The van der Waals surface area contributed by atoms with Gasteiger partial charge in [-0.2, -0.15) is 8.42 Å². The second kappa shape index (κ2) is 22.7. The number of aliphatic hydroxyl groups is 2. The third-order valence-electron chi connectivity index (χ3n) is 5.90. The predicted molar refractivity (Wildman–Crippen MR) is 148 cm³/mol. The van der Waals surface area contributed by atoms with Crippen LogP contribution in [0.15, 0.2) is 36.5 Å². The van der Waals surface area contributed by atoms with Crippen LogP contribution in [-0.2, 0) is 14.9 Å². The Balaban J connectivity index is 4.45. The van der Waals surface area contributed by atoms with Crippen molar-refractivity contribution in [2.75, 3.05) is 5.75 Å². The van der Waals surface area contributed by atoms with Gasteiger partial charge in [-0.3, -0.25) is 9.35 Å². The Labute approximate surface area is 219 Å². The number of amides is 1. The van der Waals surface area contributed by atoms with Crippen molar-refractivity contribution in [2.45, 2.75) is 128 Å². The lowest BCUT2D eigenvalue weighted by Crippen LogP contribution is -2.50. The predicted octanol–water partition coefficient (Wildman–Crippen LogP) is 5.64. The van der Waals surface area contributed by atoms with Crippen LogP contribution in [0.25, 0.3) is 0 Å². The Bertz CT molecular complexity index is 732. The van der Waals surface area contributed by atoms with Gasteiger partial charge in [-0.15, -0.1) is 0 Å². The molecule has 0 aliphatic rings. The Morgan fingerprint density at radius 2 is 1.28 bits per heavy atom. The van der Waals surface area contributed by atoms with Crippen LogP contribution in [0.4, 0.5) is 0 Å². The zero-order valence-corrected chi connectivity index (χ0v) is 23.3. The molecule has 0 saturated carbocycles. The summed E-state index contributed by atoms with van der Waals surface area (Å²) in [5.41, 5.74) is 0. The van der Waals surface area contributed by atoms with Gasteiger partial charge in [-0.1, -0.05) is 95.2 Å². The Hall–Kier alpha value is -1.48. The van der Waals surface area contributed by atoms with E-state index in [1.54, 1.807) is 6.08 Å². The number of aliphatic hydroxyl groups excluding tert-OH is 2. The summed E-state index contributed by atoms with van der Waals surface area (Å²) in [5.74, 6) is -1.58. The normalized spacial score (nSPS) is 15.1. The maximum Gasteiger partial charge on any atom is 0.267 e. The standard InChI is InChI=1S/C28H51NO6S/c1-3-5-7-9-11-13-15-16-18-20-22-26(30)25(24-36(33,34)35)29-28(32)27(31)23-21-19-17-14-12-10-8-6-4-2/h10,12-13,15,20,22,25-27,30-31H,3-9,11,14,16-19,21,23-24H2,1-2H3,(H,29,32)(H,33,34,35)/b12-10-,15-13+,22-20+. The molecule has 0 bridgehead atoms. The molecule has 0 aromatic heterocycles. The van der Waals surface area contributed by atoms with E-state index in [1.165, 1.54) is 44.6 Å². The van der Waals surface area contributed by atoms with Gasteiger partial charge in [-0.25, -0.2) is 0 Å². The van der Waals surface area contributed by atoms with E-state index in [9.17, 15) is 28.0 Å². The van der Waals surface area contributed by atoms with Gasteiger partial charge in [0.2, 0.25) is 5.91 Å². The average Bonchev–Trinajstić information content (AvgIpc) is 2.82. The van der Waals surface area contributed by atoms with Crippen LogP contribution in [0.5, 0.6) is 0 Å². The molecular weight excluding hydrogens is 478 g/mol. The first-order valence-electron chi connectivity index (χ1n) is 13.8. The largest absolute Gasteiger partial charge is 0.387 e. The number of unbranched alkanes of at least 4 members (excludes halogenated alkanes) is 10. The molecule has 210 valence electrons. The molecule has 0 aromatic rings. The zero-order valence-electron chi connectivity index (χ0n) is 22.5. The minimum Gasteiger partial charge on any atom is -0.387 e. The molecule has 1 amide bonds. The van der Waals surface area contributed by atoms with Crippen LogP contribution in [-0.4, -0.2) is 53.1 Å². The van der Waals surface area contributed by atoms with E-state index in [0.29, 0.717) is 12.8 Å². The fourth-order valence-corrected chi connectivity index (χ4v) is 4.42. The van der Waals surface area contributed by atoms with E-state index in [-0.39, 0.29) is 6.42 Å². The highest BCUT2D eigenvalue weighted by Gasteiger charge is 2.27.